The van der Waals surface area contributed by atoms with Gasteiger partial charge in [-0.2, -0.15) is 0 Å². The number of halogens is 1. The molecule has 1 N–H and O–H groups in total. The summed E-state index contributed by atoms with van der Waals surface area (Å²) >= 11 is 3.37. The molecule has 1 saturated carbocycles. The highest BCUT2D eigenvalue weighted by atomic mass is 79.9. The molecule has 7 nitrogen and oxygen atoms in total. The number of hydrogen-bond donors (Lipinski definition) is 1. The first-order chi connectivity index (χ1) is 12.1. The molecule has 0 radical (unpaired) electrons. The molecule has 4 rings (SSSR count). The van der Waals surface area contributed by atoms with Crippen molar-refractivity contribution in [2.24, 2.45) is 0 Å². The molecule has 2 fully saturated rings. The minimum absolute atomic E-state index is 0.00402. The van der Waals surface area contributed by atoms with Gasteiger partial charge in [-0.1, -0.05) is 35.2 Å². The van der Waals surface area contributed by atoms with Crippen LogP contribution < -0.4 is 5.32 Å². The average molecular weight is 405 g/mol. The average Bonchev–Trinajstić information content (AvgIpc) is 3.16. The number of nitrogens with zero attached hydrogens (tertiary/aromatic N) is 3. The number of hydrogen-bond acceptors (Lipinski definition) is 5. The van der Waals surface area contributed by atoms with E-state index in [9.17, 15) is 9.59 Å². The number of carbonyl (C=O) groups excluding carboxylic acids is 2. The van der Waals surface area contributed by atoms with E-state index < -0.39 is 5.54 Å². The van der Waals surface area contributed by atoms with Crippen molar-refractivity contribution in [1.82, 2.24) is 20.4 Å². The number of rotatable bonds is 3. The molecule has 1 spiro atoms. The third-order valence-corrected chi connectivity index (χ3v) is 5.33. The Bertz CT molecular complexity index is 812. The fraction of sp³-hybridized carbons (Fsp3) is 0.412. The lowest BCUT2D eigenvalue weighted by Crippen LogP contribution is -2.48. The molecule has 3 amide bonds. The van der Waals surface area contributed by atoms with Gasteiger partial charge in [0.05, 0.1) is 0 Å². The molecule has 1 aromatic heterocycles. The first-order valence-corrected chi connectivity index (χ1v) is 9.09. The Morgan fingerprint density at radius 2 is 1.84 bits per heavy atom. The molecule has 8 heteroatoms. The van der Waals surface area contributed by atoms with E-state index in [1.807, 2.05) is 24.3 Å². The van der Waals surface area contributed by atoms with E-state index in [2.05, 4.69) is 31.4 Å². The van der Waals surface area contributed by atoms with Crippen molar-refractivity contribution in [3.05, 3.63) is 34.6 Å². The minimum Gasteiger partial charge on any atom is -0.419 e. The van der Waals surface area contributed by atoms with E-state index in [1.165, 1.54) is 4.90 Å². The molecule has 0 unspecified atom stereocenters. The second-order valence-corrected chi connectivity index (χ2v) is 7.39. The van der Waals surface area contributed by atoms with Gasteiger partial charge in [0.2, 0.25) is 11.8 Å². The lowest BCUT2D eigenvalue weighted by Gasteiger charge is -2.30. The van der Waals surface area contributed by atoms with E-state index in [0.717, 1.165) is 29.3 Å². The highest BCUT2D eigenvalue weighted by Gasteiger charge is 2.51. The summed E-state index contributed by atoms with van der Waals surface area (Å²) in [5.74, 6) is 0.428. The second kappa shape index (κ2) is 6.25. The second-order valence-electron chi connectivity index (χ2n) is 6.47. The largest absolute Gasteiger partial charge is 0.419 e. The molecule has 1 aliphatic carbocycles. The summed E-state index contributed by atoms with van der Waals surface area (Å²) in [7, 11) is 0. The number of aromatic nitrogens is 2. The zero-order valence-corrected chi connectivity index (χ0v) is 15.1. The van der Waals surface area contributed by atoms with Crippen LogP contribution in [0.4, 0.5) is 4.79 Å². The van der Waals surface area contributed by atoms with Gasteiger partial charge in [-0.05, 0) is 37.1 Å². The number of carbonyl (C=O) groups is 2. The maximum absolute atomic E-state index is 12.8. The summed E-state index contributed by atoms with van der Waals surface area (Å²) < 4.78 is 6.58. The Morgan fingerprint density at radius 1 is 1.12 bits per heavy atom. The fourth-order valence-corrected chi connectivity index (χ4v) is 3.74. The molecule has 2 aromatic rings. The predicted molar refractivity (Wildman–Crippen MR) is 92.3 cm³/mol. The van der Waals surface area contributed by atoms with Crippen molar-refractivity contribution < 1.29 is 14.0 Å². The Morgan fingerprint density at radius 3 is 2.56 bits per heavy atom. The van der Waals surface area contributed by atoms with Crippen molar-refractivity contribution >= 4 is 27.9 Å². The molecular formula is C17H17BrN4O3. The van der Waals surface area contributed by atoms with Crippen molar-refractivity contribution in [2.75, 3.05) is 0 Å². The van der Waals surface area contributed by atoms with Gasteiger partial charge in [-0.25, -0.2) is 4.79 Å². The third kappa shape index (κ3) is 2.95. The maximum atomic E-state index is 12.8. The van der Waals surface area contributed by atoms with Gasteiger partial charge in [-0.15, -0.1) is 10.2 Å². The van der Waals surface area contributed by atoms with Crippen molar-refractivity contribution in [1.29, 1.82) is 0 Å². The number of benzene rings is 1. The standard InChI is InChI=1S/C17H17BrN4O3/c18-12-6-4-11(5-7-12)14-21-20-13(25-14)10-22-15(23)17(19-16(22)24)8-2-1-3-9-17/h4-7H,1-3,8-10H2,(H,19,24). The summed E-state index contributed by atoms with van der Waals surface area (Å²) in [6, 6.07) is 7.08. The van der Waals surface area contributed by atoms with Gasteiger partial charge in [0, 0.05) is 10.0 Å². The third-order valence-electron chi connectivity index (χ3n) is 4.80. The maximum Gasteiger partial charge on any atom is 0.325 e. The molecular weight excluding hydrogens is 388 g/mol. The van der Waals surface area contributed by atoms with Crippen molar-refractivity contribution in [2.45, 2.75) is 44.2 Å². The lowest BCUT2D eigenvalue weighted by molar-refractivity contribution is -0.133. The van der Waals surface area contributed by atoms with E-state index in [4.69, 9.17) is 4.42 Å². The van der Waals surface area contributed by atoms with Gasteiger partial charge in [0.15, 0.2) is 0 Å². The topological polar surface area (TPSA) is 88.3 Å². The summed E-state index contributed by atoms with van der Waals surface area (Å²) in [4.78, 5) is 26.2. The van der Waals surface area contributed by atoms with Crippen LogP contribution >= 0.6 is 15.9 Å². The number of imide groups is 1. The Labute approximate surface area is 152 Å². The monoisotopic (exact) mass is 404 g/mol. The van der Waals surface area contributed by atoms with Gasteiger partial charge in [0.1, 0.15) is 12.1 Å². The SMILES string of the molecule is O=C1NC2(CCCCC2)C(=O)N1Cc1nnc(-c2ccc(Br)cc2)o1. The molecule has 130 valence electrons. The predicted octanol–water partition coefficient (Wildman–Crippen LogP) is 3.25. The molecule has 0 bridgehead atoms. The molecule has 2 heterocycles. The summed E-state index contributed by atoms with van der Waals surface area (Å²) in [6.45, 7) is -0.00402. The van der Waals surface area contributed by atoms with Crippen LogP contribution in [0.15, 0.2) is 33.2 Å². The van der Waals surface area contributed by atoms with E-state index in [-0.39, 0.29) is 24.4 Å². The Hall–Kier alpha value is -2.22. The fourth-order valence-electron chi connectivity index (χ4n) is 3.48. The summed E-state index contributed by atoms with van der Waals surface area (Å²) in [5, 5.41) is 10.9. The van der Waals surface area contributed by atoms with Crippen LogP contribution in [0, 0.1) is 0 Å². The zero-order valence-electron chi connectivity index (χ0n) is 13.5. The molecule has 1 saturated heterocycles. The first-order valence-electron chi connectivity index (χ1n) is 8.30. The van der Waals surface area contributed by atoms with Crippen LogP contribution in [0.1, 0.15) is 38.0 Å². The quantitative estimate of drug-likeness (QED) is 0.792. The Balaban J connectivity index is 1.51. The van der Waals surface area contributed by atoms with Gasteiger partial charge in [-0.3, -0.25) is 9.69 Å². The smallest absolute Gasteiger partial charge is 0.325 e. The highest BCUT2D eigenvalue weighted by molar-refractivity contribution is 9.10. The lowest BCUT2D eigenvalue weighted by atomic mass is 9.82. The zero-order chi connectivity index (χ0) is 17.4. The number of amides is 3. The van der Waals surface area contributed by atoms with Crippen LogP contribution in [0.25, 0.3) is 11.5 Å². The number of urea groups is 1. The van der Waals surface area contributed by atoms with Gasteiger partial charge in [0.25, 0.3) is 5.91 Å². The first kappa shape index (κ1) is 16.3. The molecule has 1 aliphatic heterocycles. The Kier molecular flexibility index (Phi) is 4.07. The van der Waals surface area contributed by atoms with Crippen LogP contribution in [0.3, 0.4) is 0 Å². The molecule has 25 heavy (non-hydrogen) atoms. The van der Waals surface area contributed by atoms with Gasteiger partial charge >= 0.3 is 6.03 Å². The van der Waals surface area contributed by atoms with Crippen LogP contribution in [-0.2, 0) is 11.3 Å². The van der Waals surface area contributed by atoms with E-state index in [1.54, 1.807) is 0 Å². The summed E-state index contributed by atoms with van der Waals surface area (Å²) in [6.07, 6.45) is 4.40. The van der Waals surface area contributed by atoms with Crippen molar-refractivity contribution in [3.8, 4) is 11.5 Å². The molecule has 1 aromatic carbocycles. The van der Waals surface area contributed by atoms with E-state index >= 15 is 0 Å². The van der Waals surface area contributed by atoms with Crippen LogP contribution in [0.2, 0.25) is 0 Å². The molecule has 2 aliphatic rings. The van der Waals surface area contributed by atoms with Crippen LogP contribution in [0.5, 0.6) is 0 Å². The highest BCUT2D eigenvalue weighted by Crippen LogP contribution is 2.34. The summed E-state index contributed by atoms with van der Waals surface area (Å²) in [5.41, 5.74) is 0.0482. The normalized spacial score (nSPS) is 19.5. The van der Waals surface area contributed by atoms with E-state index in [0.29, 0.717) is 18.7 Å². The minimum atomic E-state index is -0.732. The van der Waals surface area contributed by atoms with Gasteiger partial charge < -0.3 is 9.73 Å². The number of nitrogens with one attached hydrogen (secondary N) is 1. The van der Waals surface area contributed by atoms with Crippen molar-refractivity contribution in [3.63, 3.8) is 0 Å². The molecule has 0 atom stereocenters. The van der Waals surface area contributed by atoms with Crippen LogP contribution in [-0.4, -0.2) is 32.6 Å².